The zero-order valence-electron chi connectivity index (χ0n) is 7.66. The van der Waals surface area contributed by atoms with Crippen molar-refractivity contribution in [3.8, 4) is 5.75 Å². The van der Waals surface area contributed by atoms with Crippen LogP contribution < -0.4 is 10.5 Å². The molecule has 0 aliphatic rings. The largest absolute Gasteiger partial charge is 0.497 e. The fourth-order valence-corrected chi connectivity index (χ4v) is 1.11. The Balaban J connectivity index is 2.73. The summed E-state index contributed by atoms with van der Waals surface area (Å²) in [7, 11) is 1.63. The first-order valence-corrected chi connectivity index (χ1v) is 4.16. The SMILES string of the molecule is COc1ccc(C(N)CC=N)cc1. The van der Waals surface area contributed by atoms with E-state index < -0.39 is 0 Å². The fraction of sp³-hybridized carbons (Fsp3) is 0.300. The number of nitrogens with two attached hydrogens (primary N) is 1. The van der Waals surface area contributed by atoms with Crippen LogP contribution in [-0.2, 0) is 0 Å². The van der Waals surface area contributed by atoms with E-state index in [1.807, 2.05) is 24.3 Å². The number of nitrogens with one attached hydrogen (secondary N) is 1. The number of benzene rings is 1. The minimum atomic E-state index is -0.0802. The molecule has 0 aromatic heterocycles. The monoisotopic (exact) mass is 178 g/mol. The highest BCUT2D eigenvalue weighted by Crippen LogP contribution is 2.17. The Morgan fingerprint density at radius 1 is 1.46 bits per heavy atom. The van der Waals surface area contributed by atoms with E-state index in [9.17, 15) is 0 Å². The van der Waals surface area contributed by atoms with Crippen LogP contribution in [0.3, 0.4) is 0 Å². The Labute approximate surface area is 78.0 Å². The molecule has 3 heteroatoms. The molecule has 3 N–H and O–H groups in total. The summed E-state index contributed by atoms with van der Waals surface area (Å²) in [4.78, 5) is 0. The van der Waals surface area contributed by atoms with Crippen LogP contribution in [0.5, 0.6) is 5.75 Å². The topological polar surface area (TPSA) is 59.1 Å². The van der Waals surface area contributed by atoms with E-state index in [4.69, 9.17) is 15.9 Å². The fourth-order valence-electron chi connectivity index (χ4n) is 1.11. The van der Waals surface area contributed by atoms with Crippen LogP contribution in [0.4, 0.5) is 0 Å². The lowest BCUT2D eigenvalue weighted by molar-refractivity contribution is 0.414. The molecule has 0 bridgehead atoms. The highest BCUT2D eigenvalue weighted by molar-refractivity contribution is 5.54. The second kappa shape index (κ2) is 4.62. The quantitative estimate of drug-likeness (QED) is 0.690. The molecule has 1 aromatic rings. The van der Waals surface area contributed by atoms with Crippen LogP contribution in [0, 0.1) is 5.41 Å². The van der Waals surface area contributed by atoms with Crippen LogP contribution in [0.25, 0.3) is 0 Å². The molecule has 0 radical (unpaired) electrons. The van der Waals surface area contributed by atoms with Gasteiger partial charge in [-0.3, -0.25) is 0 Å². The average Bonchev–Trinajstić information content (AvgIpc) is 2.18. The first kappa shape index (κ1) is 9.74. The van der Waals surface area contributed by atoms with Gasteiger partial charge in [0.05, 0.1) is 7.11 Å². The summed E-state index contributed by atoms with van der Waals surface area (Å²) >= 11 is 0. The van der Waals surface area contributed by atoms with Crippen molar-refractivity contribution in [2.75, 3.05) is 7.11 Å². The Morgan fingerprint density at radius 2 is 2.08 bits per heavy atom. The molecule has 0 saturated heterocycles. The van der Waals surface area contributed by atoms with E-state index in [2.05, 4.69) is 0 Å². The standard InChI is InChI=1S/C10H14N2O/c1-13-9-4-2-8(3-5-9)10(12)6-7-11/h2-5,7,10-11H,6,12H2,1H3. The first-order chi connectivity index (χ1) is 6.27. The molecule has 0 aliphatic carbocycles. The van der Waals surface area contributed by atoms with Crippen LogP contribution in [0.2, 0.25) is 0 Å². The van der Waals surface area contributed by atoms with Crippen molar-refractivity contribution in [3.63, 3.8) is 0 Å². The number of hydrogen-bond acceptors (Lipinski definition) is 3. The van der Waals surface area contributed by atoms with Gasteiger partial charge in [0, 0.05) is 12.5 Å². The van der Waals surface area contributed by atoms with Crippen molar-refractivity contribution in [2.45, 2.75) is 12.5 Å². The molecule has 1 rings (SSSR count). The number of rotatable bonds is 4. The Hall–Kier alpha value is -1.35. The van der Waals surface area contributed by atoms with E-state index in [1.54, 1.807) is 7.11 Å². The predicted molar refractivity (Wildman–Crippen MR) is 53.3 cm³/mol. The lowest BCUT2D eigenvalue weighted by Crippen LogP contribution is -2.10. The van der Waals surface area contributed by atoms with E-state index in [0.717, 1.165) is 11.3 Å². The molecular weight excluding hydrogens is 164 g/mol. The zero-order chi connectivity index (χ0) is 9.68. The molecule has 70 valence electrons. The Kier molecular flexibility index (Phi) is 3.46. The molecular formula is C10H14N2O. The van der Waals surface area contributed by atoms with E-state index in [0.29, 0.717) is 6.42 Å². The van der Waals surface area contributed by atoms with Gasteiger partial charge >= 0.3 is 0 Å². The maximum atomic E-state index is 6.93. The summed E-state index contributed by atoms with van der Waals surface area (Å²) < 4.78 is 5.02. The van der Waals surface area contributed by atoms with Crippen LogP contribution in [-0.4, -0.2) is 13.3 Å². The molecule has 0 heterocycles. The molecule has 3 nitrogen and oxygen atoms in total. The van der Waals surface area contributed by atoms with Crippen molar-refractivity contribution in [2.24, 2.45) is 5.73 Å². The van der Waals surface area contributed by atoms with Gasteiger partial charge in [-0.2, -0.15) is 0 Å². The second-order valence-electron chi connectivity index (χ2n) is 2.82. The Bertz CT molecular complexity index is 269. The van der Waals surface area contributed by atoms with Gasteiger partial charge in [0.25, 0.3) is 0 Å². The minimum absolute atomic E-state index is 0.0802. The normalized spacial score (nSPS) is 12.2. The third kappa shape index (κ3) is 2.56. The third-order valence-electron chi connectivity index (χ3n) is 1.92. The zero-order valence-corrected chi connectivity index (χ0v) is 7.66. The number of hydrogen-bond donors (Lipinski definition) is 2. The molecule has 1 atom stereocenters. The van der Waals surface area contributed by atoms with Gasteiger partial charge in [0.15, 0.2) is 0 Å². The van der Waals surface area contributed by atoms with Crippen molar-refractivity contribution in [1.82, 2.24) is 0 Å². The molecule has 0 saturated carbocycles. The smallest absolute Gasteiger partial charge is 0.118 e. The first-order valence-electron chi connectivity index (χ1n) is 4.16. The lowest BCUT2D eigenvalue weighted by atomic mass is 10.1. The molecule has 0 spiro atoms. The molecule has 0 fully saturated rings. The summed E-state index contributed by atoms with van der Waals surface area (Å²) in [6.07, 6.45) is 1.90. The maximum Gasteiger partial charge on any atom is 0.118 e. The lowest BCUT2D eigenvalue weighted by Gasteiger charge is -2.09. The van der Waals surface area contributed by atoms with E-state index in [1.165, 1.54) is 6.21 Å². The molecule has 13 heavy (non-hydrogen) atoms. The van der Waals surface area contributed by atoms with Crippen molar-refractivity contribution in [1.29, 1.82) is 5.41 Å². The van der Waals surface area contributed by atoms with Crippen LogP contribution in [0.1, 0.15) is 18.0 Å². The summed E-state index contributed by atoms with van der Waals surface area (Å²) in [6.45, 7) is 0. The molecule has 0 aliphatic heterocycles. The number of ether oxygens (including phenoxy) is 1. The average molecular weight is 178 g/mol. The summed E-state index contributed by atoms with van der Waals surface area (Å²) in [5.41, 5.74) is 6.84. The Morgan fingerprint density at radius 3 is 2.54 bits per heavy atom. The van der Waals surface area contributed by atoms with Gasteiger partial charge in [-0.25, -0.2) is 0 Å². The maximum absolute atomic E-state index is 6.93. The highest BCUT2D eigenvalue weighted by atomic mass is 16.5. The van der Waals surface area contributed by atoms with Crippen LogP contribution in [0.15, 0.2) is 24.3 Å². The summed E-state index contributed by atoms with van der Waals surface area (Å²) in [6, 6.07) is 7.52. The van der Waals surface area contributed by atoms with Crippen molar-refractivity contribution >= 4 is 6.21 Å². The van der Waals surface area contributed by atoms with Gasteiger partial charge in [0.1, 0.15) is 5.75 Å². The minimum Gasteiger partial charge on any atom is -0.497 e. The summed E-state index contributed by atoms with van der Waals surface area (Å²) in [5.74, 6) is 0.825. The molecule has 1 aromatic carbocycles. The van der Waals surface area contributed by atoms with Crippen molar-refractivity contribution in [3.05, 3.63) is 29.8 Å². The second-order valence-corrected chi connectivity index (χ2v) is 2.82. The van der Waals surface area contributed by atoms with Gasteiger partial charge in [-0.05, 0) is 23.9 Å². The predicted octanol–water partition coefficient (Wildman–Crippen LogP) is 1.73. The third-order valence-corrected chi connectivity index (χ3v) is 1.92. The van der Waals surface area contributed by atoms with E-state index in [-0.39, 0.29) is 6.04 Å². The van der Waals surface area contributed by atoms with Crippen LogP contribution >= 0.6 is 0 Å². The number of methoxy groups -OCH3 is 1. The van der Waals surface area contributed by atoms with Gasteiger partial charge < -0.3 is 15.9 Å². The van der Waals surface area contributed by atoms with Crippen molar-refractivity contribution < 1.29 is 4.74 Å². The van der Waals surface area contributed by atoms with Gasteiger partial charge in [0.2, 0.25) is 0 Å². The van der Waals surface area contributed by atoms with Gasteiger partial charge in [-0.1, -0.05) is 12.1 Å². The summed E-state index contributed by atoms with van der Waals surface area (Å²) in [5, 5.41) is 6.93. The highest BCUT2D eigenvalue weighted by Gasteiger charge is 2.03. The van der Waals surface area contributed by atoms with E-state index >= 15 is 0 Å². The van der Waals surface area contributed by atoms with Gasteiger partial charge in [-0.15, -0.1) is 0 Å². The molecule has 0 amide bonds. The molecule has 1 unspecified atom stereocenters.